The molecule has 2 atom stereocenters. The Morgan fingerprint density at radius 1 is 1.67 bits per heavy atom. The zero-order valence-electron chi connectivity index (χ0n) is 5.21. The van der Waals surface area contributed by atoms with Crippen molar-refractivity contribution in [1.29, 1.82) is 0 Å². The van der Waals surface area contributed by atoms with E-state index in [1.165, 1.54) is 0 Å². The highest BCUT2D eigenvalue weighted by Gasteiger charge is 2.26. The number of aliphatic imine (C=N–C) groups is 1. The van der Waals surface area contributed by atoms with Gasteiger partial charge in [0.15, 0.2) is 0 Å². The molecule has 0 amide bonds. The van der Waals surface area contributed by atoms with Gasteiger partial charge in [-0.15, -0.1) is 0 Å². The van der Waals surface area contributed by atoms with Gasteiger partial charge < -0.3 is 10.1 Å². The predicted molar refractivity (Wildman–Crippen MR) is 34.6 cm³/mol. The first-order valence-electron chi connectivity index (χ1n) is 3.32. The van der Waals surface area contributed by atoms with Crippen LogP contribution in [0.4, 0.5) is 0 Å². The molecule has 1 fully saturated rings. The lowest BCUT2D eigenvalue weighted by Gasteiger charge is -2.23. The van der Waals surface area contributed by atoms with E-state index >= 15 is 0 Å². The lowest BCUT2D eigenvalue weighted by atomic mass is 10.1. The van der Waals surface area contributed by atoms with Crippen molar-refractivity contribution in [2.45, 2.75) is 18.5 Å². The monoisotopic (exact) mass is 126 g/mol. The lowest BCUT2D eigenvalue weighted by molar-refractivity contribution is 0.0705. The molecule has 2 rings (SSSR count). The second kappa shape index (κ2) is 1.99. The molecule has 1 N–H and O–H groups in total. The summed E-state index contributed by atoms with van der Waals surface area (Å²) in [5, 5.41) is 3.14. The molecule has 9 heavy (non-hydrogen) atoms. The normalized spacial score (nSPS) is 40.0. The number of rotatable bonds is 0. The highest BCUT2D eigenvalue weighted by Crippen LogP contribution is 2.13. The standard InChI is InChI=1S/C6H10N2O/c1-2-9-3-6-5(1)7-4-8-6/h4-6H,1-3H2,(H,7,8). The molecule has 2 heterocycles. The summed E-state index contributed by atoms with van der Waals surface area (Å²) in [4.78, 5) is 4.24. The van der Waals surface area contributed by atoms with Gasteiger partial charge in [0.25, 0.3) is 0 Å². The Balaban J connectivity index is 2.03. The highest BCUT2D eigenvalue weighted by atomic mass is 16.5. The van der Waals surface area contributed by atoms with E-state index in [0.29, 0.717) is 12.1 Å². The number of nitrogens with zero attached hydrogens (tertiary/aromatic N) is 1. The summed E-state index contributed by atoms with van der Waals surface area (Å²) < 4.78 is 5.24. The molecule has 0 aromatic heterocycles. The van der Waals surface area contributed by atoms with Crippen molar-refractivity contribution >= 4 is 6.34 Å². The maximum atomic E-state index is 5.24. The third-order valence-electron chi connectivity index (χ3n) is 1.87. The molecule has 0 saturated carbocycles. The van der Waals surface area contributed by atoms with Crippen molar-refractivity contribution in [3.63, 3.8) is 0 Å². The first-order valence-corrected chi connectivity index (χ1v) is 3.32. The van der Waals surface area contributed by atoms with E-state index in [2.05, 4.69) is 10.3 Å². The van der Waals surface area contributed by atoms with Gasteiger partial charge in [0.05, 0.1) is 25.0 Å². The van der Waals surface area contributed by atoms with Crippen LogP contribution in [0.25, 0.3) is 0 Å². The van der Waals surface area contributed by atoms with Gasteiger partial charge in [0.2, 0.25) is 0 Å². The summed E-state index contributed by atoms with van der Waals surface area (Å²) in [6.45, 7) is 1.70. The zero-order chi connectivity index (χ0) is 6.10. The van der Waals surface area contributed by atoms with E-state index in [1.807, 2.05) is 0 Å². The molecule has 2 aliphatic rings. The van der Waals surface area contributed by atoms with Gasteiger partial charge >= 0.3 is 0 Å². The summed E-state index contributed by atoms with van der Waals surface area (Å²) in [6.07, 6.45) is 2.87. The van der Waals surface area contributed by atoms with Crippen molar-refractivity contribution in [1.82, 2.24) is 5.32 Å². The van der Waals surface area contributed by atoms with Gasteiger partial charge in [-0.25, -0.2) is 0 Å². The van der Waals surface area contributed by atoms with Crippen molar-refractivity contribution in [2.75, 3.05) is 13.2 Å². The Bertz CT molecular complexity index is 135. The van der Waals surface area contributed by atoms with Gasteiger partial charge in [-0.05, 0) is 6.42 Å². The number of hydrogen-bond acceptors (Lipinski definition) is 3. The van der Waals surface area contributed by atoms with E-state index in [4.69, 9.17) is 4.74 Å². The molecule has 0 bridgehead atoms. The molecule has 3 heteroatoms. The number of nitrogens with one attached hydrogen (secondary N) is 1. The molecule has 1 saturated heterocycles. The lowest BCUT2D eigenvalue weighted by Crippen LogP contribution is -2.40. The Morgan fingerprint density at radius 3 is 3.56 bits per heavy atom. The van der Waals surface area contributed by atoms with Crippen LogP contribution in [-0.2, 0) is 4.74 Å². The number of hydrogen-bond donors (Lipinski definition) is 1. The van der Waals surface area contributed by atoms with E-state index in [0.717, 1.165) is 19.6 Å². The summed E-state index contributed by atoms with van der Waals surface area (Å²) in [5.74, 6) is 0. The summed E-state index contributed by atoms with van der Waals surface area (Å²) in [5.41, 5.74) is 0. The third kappa shape index (κ3) is 0.812. The average molecular weight is 126 g/mol. The molecule has 2 unspecified atom stereocenters. The predicted octanol–water partition coefficient (Wildman–Crippen LogP) is -0.225. The molecule has 0 aromatic rings. The Kier molecular flexibility index (Phi) is 1.16. The van der Waals surface area contributed by atoms with Gasteiger partial charge in [-0.2, -0.15) is 0 Å². The van der Waals surface area contributed by atoms with Crippen molar-refractivity contribution < 1.29 is 4.74 Å². The second-order valence-corrected chi connectivity index (χ2v) is 2.48. The molecule has 3 nitrogen and oxygen atoms in total. The molecule has 0 spiro atoms. The van der Waals surface area contributed by atoms with Crippen LogP contribution in [0.2, 0.25) is 0 Å². The minimum atomic E-state index is 0.471. The maximum absolute atomic E-state index is 5.24. The maximum Gasteiger partial charge on any atom is 0.0831 e. The summed E-state index contributed by atoms with van der Waals surface area (Å²) in [6, 6.07) is 0.970. The van der Waals surface area contributed by atoms with Gasteiger partial charge in [0, 0.05) is 6.61 Å². The van der Waals surface area contributed by atoms with Crippen LogP contribution in [-0.4, -0.2) is 31.6 Å². The molecular weight excluding hydrogens is 116 g/mol. The fraction of sp³-hybridized carbons (Fsp3) is 0.833. The van der Waals surface area contributed by atoms with Crippen LogP contribution >= 0.6 is 0 Å². The van der Waals surface area contributed by atoms with Crippen LogP contribution in [0.5, 0.6) is 0 Å². The summed E-state index contributed by atoms with van der Waals surface area (Å²) in [7, 11) is 0. The first kappa shape index (κ1) is 5.23. The molecular formula is C6H10N2O. The third-order valence-corrected chi connectivity index (χ3v) is 1.87. The molecule has 50 valence electrons. The minimum absolute atomic E-state index is 0.471. The van der Waals surface area contributed by atoms with Gasteiger partial charge in [-0.1, -0.05) is 0 Å². The van der Waals surface area contributed by atoms with Gasteiger partial charge in [0.1, 0.15) is 0 Å². The van der Waals surface area contributed by atoms with E-state index < -0.39 is 0 Å². The molecule has 0 aromatic carbocycles. The fourth-order valence-corrected chi connectivity index (χ4v) is 1.30. The fourth-order valence-electron chi connectivity index (χ4n) is 1.30. The van der Waals surface area contributed by atoms with Crippen molar-refractivity contribution in [2.24, 2.45) is 4.99 Å². The zero-order valence-corrected chi connectivity index (χ0v) is 5.21. The first-order chi connectivity index (χ1) is 4.47. The molecule has 0 aliphatic carbocycles. The SMILES string of the molecule is C1=NC2CCOCC2N1. The highest BCUT2D eigenvalue weighted by molar-refractivity contribution is 5.58. The molecule has 0 radical (unpaired) electrons. The largest absolute Gasteiger partial charge is 0.379 e. The number of ether oxygens (including phenoxy) is 1. The smallest absolute Gasteiger partial charge is 0.0831 e. The Labute approximate surface area is 54.1 Å². The topological polar surface area (TPSA) is 33.6 Å². The Morgan fingerprint density at radius 2 is 2.67 bits per heavy atom. The summed E-state index contributed by atoms with van der Waals surface area (Å²) >= 11 is 0. The Hall–Kier alpha value is -0.570. The van der Waals surface area contributed by atoms with Crippen LogP contribution in [0, 0.1) is 0 Å². The van der Waals surface area contributed by atoms with E-state index in [9.17, 15) is 0 Å². The van der Waals surface area contributed by atoms with Crippen LogP contribution in [0.15, 0.2) is 4.99 Å². The average Bonchev–Trinajstić information content (AvgIpc) is 2.33. The number of fused-ring (bicyclic) bond motifs is 1. The van der Waals surface area contributed by atoms with Crippen LogP contribution in [0.1, 0.15) is 6.42 Å². The van der Waals surface area contributed by atoms with Crippen LogP contribution in [0.3, 0.4) is 0 Å². The van der Waals surface area contributed by atoms with Gasteiger partial charge in [-0.3, -0.25) is 4.99 Å². The van der Waals surface area contributed by atoms with E-state index in [1.54, 1.807) is 6.34 Å². The minimum Gasteiger partial charge on any atom is -0.379 e. The van der Waals surface area contributed by atoms with E-state index in [-0.39, 0.29) is 0 Å². The van der Waals surface area contributed by atoms with Crippen molar-refractivity contribution in [3.8, 4) is 0 Å². The molecule has 2 aliphatic heterocycles. The van der Waals surface area contributed by atoms with Crippen molar-refractivity contribution in [3.05, 3.63) is 0 Å². The van der Waals surface area contributed by atoms with Crippen LogP contribution < -0.4 is 5.32 Å². The quantitative estimate of drug-likeness (QED) is 0.486. The second-order valence-electron chi connectivity index (χ2n) is 2.48.